The van der Waals surface area contributed by atoms with Crippen molar-refractivity contribution in [1.29, 1.82) is 0 Å². The number of aryl methyl sites for hydroxylation is 1. The molecule has 1 unspecified atom stereocenters. The lowest BCUT2D eigenvalue weighted by molar-refractivity contribution is 0.256. The molecule has 0 saturated carbocycles. The van der Waals surface area contributed by atoms with Gasteiger partial charge in [0, 0.05) is 30.7 Å². The lowest BCUT2D eigenvalue weighted by Crippen LogP contribution is -2.39. The highest BCUT2D eigenvalue weighted by molar-refractivity contribution is 6.38. The molecule has 0 bridgehead atoms. The van der Waals surface area contributed by atoms with Gasteiger partial charge >= 0.3 is 7.55 Å². The van der Waals surface area contributed by atoms with E-state index in [9.17, 15) is 0 Å². The molecule has 4 heteroatoms. The van der Waals surface area contributed by atoms with Gasteiger partial charge in [0.2, 0.25) is 0 Å². The first-order valence-electron chi connectivity index (χ1n) is 5.14. The molecule has 0 aliphatic carbocycles. The number of rotatable bonds is 0. The Morgan fingerprint density at radius 1 is 1.33 bits per heavy atom. The number of hydrogen-bond acceptors (Lipinski definition) is 3. The molecule has 1 atom stereocenters. The summed E-state index contributed by atoms with van der Waals surface area (Å²) in [7, 11) is 4.13. The van der Waals surface area contributed by atoms with Gasteiger partial charge in [-0.2, -0.15) is 0 Å². The molecule has 3 rings (SSSR count). The Hall–Kier alpha value is -1.58. The van der Waals surface area contributed by atoms with Crippen molar-refractivity contribution in [3.63, 3.8) is 0 Å². The second-order valence-corrected chi connectivity index (χ2v) is 4.09. The lowest BCUT2D eigenvalue weighted by Gasteiger charge is -2.37. The van der Waals surface area contributed by atoms with Crippen molar-refractivity contribution in [2.75, 3.05) is 12.3 Å². The number of hydrogen-bond donors (Lipinski definition) is 1. The maximum absolute atomic E-state index is 3.32. The van der Waals surface area contributed by atoms with Crippen LogP contribution in [0.1, 0.15) is 17.3 Å². The average molecular weight is 198 g/mol. The topological polar surface area (TPSA) is 18.5 Å². The highest BCUT2D eigenvalue weighted by atomic mass is 15.4. The number of anilines is 1. The minimum absolute atomic E-state index is 0.322. The van der Waals surface area contributed by atoms with Crippen LogP contribution in [0.3, 0.4) is 0 Å². The molecule has 2 aliphatic heterocycles. The Bertz CT molecular complexity index is 430. The fraction of sp³-hybridized carbons (Fsp3) is 0.273. The van der Waals surface area contributed by atoms with E-state index in [0.29, 0.717) is 6.17 Å². The van der Waals surface area contributed by atoms with Gasteiger partial charge in [0.05, 0.1) is 0 Å². The second-order valence-electron chi connectivity index (χ2n) is 4.09. The maximum Gasteiger partial charge on any atom is 0.390 e. The summed E-state index contributed by atoms with van der Waals surface area (Å²) in [6.45, 7) is 2.16. The predicted octanol–water partition coefficient (Wildman–Crippen LogP) is 1.67. The van der Waals surface area contributed by atoms with E-state index in [4.69, 9.17) is 0 Å². The predicted molar refractivity (Wildman–Crippen MR) is 62.0 cm³/mol. The van der Waals surface area contributed by atoms with E-state index in [1.165, 1.54) is 16.8 Å². The van der Waals surface area contributed by atoms with E-state index >= 15 is 0 Å². The molecule has 2 aliphatic rings. The SMILES string of the molecule is Cc1cccc2c1C1N(C)C=CN1[B]N2. The van der Waals surface area contributed by atoms with Gasteiger partial charge in [0.25, 0.3) is 0 Å². The highest BCUT2D eigenvalue weighted by Gasteiger charge is 2.32. The Morgan fingerprint density at radius 2 is 2.20 bits per heavy atom. The number of benzene rings is 1. The van der Waals surface area contributed by atoms with Crippen LogP contribution in [0.25, 0.3) is 0 Å². The van der Waals surface area contributed by atoms with Crippen LogP contribution in [0.15, 0.2) is 30.6 Å². The first kappa shape index (κ1) is 8.71. The van der Waals surface area contributed by atoms with Crippen molar-refractivity contribution in [3.05, 3.63) is 41.7 Å². The molecule has 1 N–H and O–H groups in total. The zero-order valence-electron chi connectivity index (χ0n) is 8.94. The third-order valence-corrected chi connectivity index (χ3v) is 3.09. The first-order chi connectivity index (χ1) is 7.27. The number of nitrogens with zero attached hydrogens (tertiary/aromatic N) is 2. The van der Waals surface area contributed by atoms with Crippen molar-refractivity contribution in [1.82, 2.24) is 9.71 Å². The molecule has 1 aromatic rings. The molecular weight excluding hydrogens is 185 g/mol. The zero-order chi connectivity index (χ0) is 10.4. The van der Waals surface area contributed by atoms with E-state index in [1.54, 1.807) is 0 Å². The maximum atomic E-state index is 3.32. The van der Waals surface area contributed by atoms with Crippen LogP contribution >= 0.6 is 0 Å². The lowest BCUT2D eigenvalue weighted by atomic mass is 9.92. The van der Waals surface area contributed by atoms with E-state index in [0.717, 1.165) is 0 Å². The van der Waals surface area contributed by atoms with Gasteiger partial charge in [-0.25, -0.2) is 0 Å². The van der Waals surface area contributed by atoms with E-state index in [-0.39, 0.29) is 0 Å². The van der Waals surface area contributed by atoms with Crippen LogP contribution in [0.4, 0.5) is 5.69 Å². The smallest absolute Gasteiger partial charge is 0.390 e. The molecule has 0 saturated heterocycles. The minimum atomic E-state index is 0.322. The molecule has 75 valence electrons. The molecule has 1 radical (unpaired) electrons. The minimum Gasteiger partial charge on any atom is -0.412 e. The van der Waals surface area contributed by atoms with Gasteiger partial charge in [-0.1, -0.05) is 12.1 Å². The van der Waals surface area contributed by atoms with Crippen molar-refractivity contribution in [3.8, 4) is 0 Å². The fourth-order valence-electron chi connectivity index (χ4n) is 2.32. The van der Waals surface area contributed by atoms with E-state index in [2.05, 4.69) is 59.5 Å². The molecule has 15 heavy (non-hydrogen) atoms. The van der Waals surface area contributed by atoms with Gasteiger partial charge < -0.3 is 14.9 Å². The Morgan fingerprint density at radius 3 is 3.07 bits per heavy atom. The van der Waals surface area contributed by atoms with E-state index < -0.39 is 0 Å². The van der Waals surface area contributed by atoms with Crippen molar-refractivity contribution in [2.24, 2.45) is 0 Å². The summed E-state index contributed by atoms with van der Waals surface area (Å²) in [6.07, 6.45) is 4.51. The van der Waals surface area contributed by atoms with Gasteiger partial charge in [-0.15, -0.1) is 0 Å². The third kappa shape index (κ3) is 1.14. The van der Waals surface area contributed by atoms with Crippen molar-refractivity contribution < 1.29 is 0 Å². The number of nitrogens with one attached hydrogen (secondary N) is 1. The molecule has 0 amide bonds. The number of fused-ring (bicyclic) bond motifs is 3. The molecule has 1 aromatic carbocycles. The second kappa shape index (κ2) is 2.96. The summed E-state index contributed by atoms with van der Waals surface area (Å²) in [4.78, 5) is 4.42. The van der Waals surface area contributed by atoms with Crippen molar-refractivity contribution in [2.45, 2.75) is 13.1 Å². The molecule has 2 heterocycles. The van der Waals surface area contributed by atoms with Gasteiger partial charge in [0.1, 0.15) is 6.17 Å². The summed E-state index contributed by atoms with van der Waals surface area (Å²) < 4.78 is 0. The monoisotopic (exact) mass is 198 g/mol. The van der Waals surface area contributed by atoms with Crippen LogP contribution in [-0.4, -0.2) is 24.3 Å². The van der Waals surface area contributed by atoms with Gasteiger partial charge in [-0.05, 0) is 18.6 Å². The van der Waals surface area contributed by atoms with Gasteiger partial charge in [0.15, 0.2) is 0 Å². The summed E-state index contributed by atoms with van der Waals surface area (Å²) in [6, 6.07) is 6.38. The summed E-state index contributed by atoms with van der Waals surface area (Å²) in [5, 5.41) is 3.32. The van der Waals surface area contributed by atoms with Crippen LogP contribution in [-0.2, 0) is 0 Å². The highest BCUT2D eigenvalue weighted by Crippen LogP contribution is 2.38. The summed E-state index contributed by atoms with van der Waals surface area (Å²) >= 11 is 0. The van der Waals surface area contributed by atoms with Crippen LogP contribution in [0.5, 0.6) is 0 Å². The fourth-order valence-corrected chi connectivity index (χ4v) is 2.32. The molecular formula is C11H13BN3. The summed E-state index contributed by atoms with van der Waals surface area (Å²) in [5.74, 6) is 0. The quantitative estimate of drug-likeness (QED) is 0.639. The van der Waals surface area contributed by atoms with Gasteiger partial charge in [-0.3, -0.25) is 0 Å². The Kier molecular flexibility index (Phi) is 1.72. The van der Waals surface area contributed by atoms with Crippen LogP contribution in [0, 0.1) is 6.92 Å². The van der Waals surface area contributed by atoms with E-state index in [1.807, 2.05) is 7.55 Å². The first-order valence-corrected chi connectivity index (χ1v) is 5.14. The van der Waals surface area contributed by atoms with Crippen LogP contribution in [0.2, 0.25) is 0 Å². The molecule has 0 aromatic heterocycles. The molecule has 0 fully saturated rings. The average Bonchev–Trinajstić information content (AvgIpc) is 2.61. The summed E-state index contributed by atoms with van der Waals surface area (Å²) in [5.41, 5.74) is 3.91. The standard InChI is InChI=1S/C11H13BN3/c1-8-4-3-5-9-10(8)11-14(2)6-7-15(11)12-13-9/h3-7,11,13H,1-2H3. The Labute approximate surface area is 90.7 Å². The Balaban J connectivity index is 2.14. The van der Waals surface area contributed by atoms with Crippen molar-refractivity contribution >= 4 is 13.2 Å². The largest absolute Gasteiger partial charge is 0.412 e. The zero-order valence-corrected chi connectivity index (χ0v) is 8.94. The molecule has 3 nitrogen and oxygen atoms in total. The third-order valence-electron chi connectivity index (χ3n) is 3.09. The van der Waals surface area contributed by atoms with Crippen LogP contribution < -0.4 is 5.23 Å². The molecule has 0 spiro atoms. The normalized spacial score (nSPS) is 21.9.